The lowest BCUT2D eigenvalue weighted by Gasteiger charge is -2.40. The highest BCUT2D eigenvalue weighted by atomic mass is 19.1. The molecule has 6 atom stereocenters. The minimum Gasteiger partial charge on any atom is -0.445 e. The van der Waals surface area contributed by atoms with Crippen LogP contribution in [0.3, 0.4) is 0 Å². The number of alkyl halides is 1. The fourth-order valence-electron chi connectivity index (χ4n) is 10.4. The van der Waals surface area contributed by atoms with Gasteiger partial charge < -0.3 is 55.9 Å². The molecule has 0 saturated carbocycles. The van der Waals surface area contributed by atoms with Gasteiger partial charge in [0, 0.05) is 87.9 Å². The van der Waals surface area contributed by atoms with Crippen LogP contribution in [0.1, 0.15) is 95.1 Å². The number of nitrogens with zero attached hydrogens (tertiary/aromatic N) is 5. The Kier molecular flexibility index (Phi) is 22.5. The third kappa shape index (κ3) is 17.4. The van der Waals surface area contributed by atoms with E-state index in [9.17, 15) is 52.2 Å². The molecule has 1 aromatic heterocycles. The van der Waals surface area contributed by atoms with E-state index in [0.29, 0.717) is 62.1 Å². The van der Waals surface area contributed by atoms with Crippen molar-refractivity contribution in [3.63, 3.8) is 0 Å². The number of carbonyl (C=O) groups is 8. The van der Waals surface area contributed by atoms with E-state index in [0.717, 1.165) is 23.1 Å². The highest BCUT2D eigenvalue weighted by molar-refractivity contribution is 6.12. The second-order valence-corrected chi connectivity index (χ2v) is 21.6. The predicted molar refractivity (Wildman–Crippen MR) is 298 cm³/mol. The molecule has 0 unspecified atom stereocenters. The number of unbranched alkanes of at least 4 members (excludes halogenated alkanes) is 2. The van der Waals surface area contributed by atoms with Crippen molar-refractivity contribution in [2.24, 2.45) is 23.5 Å². The number of urea groups is 1. The van der Waals surface area contributed by atoms with Gasteiger partial charge in [-0.1, -0.05) is 44.5 Å². The number of benzene rings is 3. The largest absolute Gasteiger partial charge is 0.445 e. The van der Waals surface area contributed by atoms with Gasteiger partial charge in [0.15, 0.2) is 0 Å². The van der Waals surface area contributed by atoms with Gasteiger partial charge in [-0.3, -0.25) is 33.7 Å². The van der Waals surface area contributed by atoms with Crippen molar-refractivity contribution in [2.75, 3.05) is 51.3 Å². The molecule has 452 valence electrons. The molecule has 0 aliphatic carbocycles. The van der Waals surface area contributed by atoms with E-state index in [1.807, 2.05) is 0 Å². The van der Waals surface area contributed by atoms with Crippen molar-refractivity contribution in [2.45, 2.75) is 116 Å². The summed E-state index contributed by atoms with van der Waals surface area (Å²) in [7, 11) is 0. The molecule has 7 rings (SSSR count). The zero-order chi connectivity index (χ0) is 60.6. The quantitative estimate of drug-likeness (QED) is 0.0235. The lowest BCUT2D eigenvalue weighted by atomic mass is 9.88. The molecule has 3 aliphatic rings. The van der Waals surface area contributed by atoms with Gasteiger partial charge in [0.25, 0.3) is 17.7 Å². The fourth-order valence-corrected chi connectivity index (χ4v) is 10.4. The Morgan fingerprint density at radius 2 is 1.57 bits per heavy atom. The van der Waals surface area contributed by atoms with Crippen molar-refractivity contribution in [3.05, 3.63) is 119 Å². The Bertz CT molecular complexity index is 3010. The summed E-state index contributed by atoms with van der Waals surface area (Å²) in [5.41, 5.74) is 6.35. The maximum atomic E-state index is 16.3. The summed E-state index contributed by atoms with van der Waals surface area (Å²) in [5.74, 6) is -6.78. The van der Waals surface area contributed by atoms with Crippen molar-refractivity contribution >= 4 is 53.3 Å². The maximum Gasteiger partial charge on any atom is 0.410 e. The van der Waals surface area contributed by atoms with Crippen LogP contribution in [0.15, 0.2) is 85.1 Å². The van der Waals surface area contributed by atoms with Gasteiger partial charge in [0.2, 0.25) is 17.7 Å². The normalized spacial score (nSPS) is 17.6. The number of imidazole rings is 1. The molecule has 21 nitrogen and oxygen atoms in total. The molecule has 2 fully saturated rings. The maximum absolute atomic E-state index is 16.3. The number of aliphatic hydroxyl groups excluding tert-OH is 1. The minimum absolute atomic E-state index is 0.0122. The molecular formula is C59H72F4N10O11. The summed E-state index contributed by atoms with van der Waals surface area (Å²) in [6.07, 6.45) is 2.43. The standard InChI is InChI=1S/C59H72F4N10O11/c1-35(2)52(69-49(75)12-5-4-6-24-72-50(76)19-20-51(72)77)56(79)68-47(11-8-23-65-58(64)81)55(78)66-43-16-13-37(14-17-43)34-84-59(82)71-30-40(46(63)32-71)31-73(57(80)36(3)74)53(39-21-25-83-26-22-39)54-67-48(44-28-42(61)15-18-45(44)62)33-70(54)29-38-9-7-10-41(60)27-38/h7,9-10,13-20,27-28,33,35-36,39-40,46-47,52-53,74H,4-6,8,11-12,21-26,29-32,34H2,1-3H3,(H,66,78)(H,68,79)(H,69,75)(H3,64,65,81)/t36-,40-,46-,47-,52-,53+/m0/s1. The molecule has 84 heavy (non-hydrogen) atoms. The van der Waals surface area contributed by atoms with Gasteiger partial charge in [-0.2, -0.15) is 0 Å². The van der Waals surface area contributed by atoms with Crippen LogP contribution in [-0.4, -0.2) is 147 Å². The van der Waals surface area contributed by atoms with E-state index in [1.54, 1.807) is 36.6 Å². The van der Waals surface area contributed by atoms with Crippen LogP contribution in [-0.2, 0) is 51.4 Å². The molecule has 3 aliphatic heterocycles. The van der Waals surface area contributed by atoms with Crippen LogP contribution in [0.2, 0.25) is 0 Å². The van der Waals surface area contributed by atoms with Gasteiger partial charge in [0.1, 0.15) is 54.2 Å². The van der Waals surface area contributed by atoms with Gasteiger partial charge in [-0.25, -0.2) is 32.1 Å². The van der Waals surface area contributed by atoms with Crippen LogP contribution in [0, 0.1) is 35.2 Å². The Morgan fingerprint density at radius 3 is 2.25 bits per heavy atom. The van der Waals surface area contributed by atoms with Gasteiger partial charge in [-0.15, -0.1) is 0 Å². The van der Waals surface area contributed by atoms with Crippen LogP contribution < -0.4 is 27.0 Å². The number of rotatable bonds is 27. The number of amides is 9. The first-order valence-electron chi connectivity index (χ1n) is 28.1. The fraction of sp³-hybridized carbons (Fsp3) is 0.475. The average Bonchev–Trinajstić information content (AvgIpc) is 4.05. The molecular weight excluding hydrogens is 1100 g/mol. The molecule has 25 heteroatoms. The Labute approximate surface area is 483 Å². The average molecular weight is 1170 g/mol. The number of hydrogen-bond acceptors (Lipinski definition) is 12. The third-order valence-electron chi connectivity index (χ3n) is 14.9. The van der Waals surface area contributed by atoms with Crippen LogP contribution in [0.5, 0.6) is 0 Å². The number of aliphatic hydroxyl groups is 1. The molecule has 7 N–H and O–H groups in total. The molecule has 4 aromatic rings. The highest BCUT2D eigenvalue weighted by Crippen LogP contribution is 2.39. The smallest absolute Gasteiger partial charge is 0.410 e. The van der Waals surface area contributed by atoms with E-state index >= 15 is 8.78 Å². The number of hydrogen-bond donors (Lipinski definition) is 6. The van der Waals surface area contributed by atoms with Crippen molar-refractivity contribution in [3.8, 4) is 11.3 Å². The van der Waals surface area contributed by atoms with Gasteiger partial charge in [-0.05, 0) is 111 Å². The minimum atomic E-state index is -1.67. The first kappa shape index (κ1) is 63.4. The van der Waals surface area contributed by atoms with Crippen LogP contribution >= 0.6 is 0 Å². The van der Waals surface area contributed by atoms with E-state index < -0.39 is 102 Å². The number of nitrogens with one attached hydrogen (secondary N) is 4. The highest BCUT2D eigenvalue weighted by Gasteiger charge is 2.44. The zero-order valence-electron chi connectivity index (χ0n) is 47.1. The predicted octanol–water partition coefficient (Wildman–Crippen LogP) is 5.80. The molecule has 2 saturated heterocycles. The van der Waals surface area contributed by atoms with Crippen LogP contribution in [0.25, 0.3) is 11.3 Å². The summed E-state index contributed by atoms with van der Waals surface area (Å²) < 4.78 is 73.8. The van der Waals surface area contributed by atoms with E-state index in [1.165, 1.54) is 65.4 Å². The Balaban J connectivity index is 0.983. The number of imide groups is 1. The molecule has 9 amide bonds. The third-order valence-corrected chi connectivity index (χ3v) is 14.9. The first-order chi connectivity index (χ1) is 40.1. The second-order valence-electron chi connectivity index (χ2n) is 21.6. The number of nitrogens with two attached hydrogens (primary N) is 1. The van der Waals surface area contributed by atoms with Crippen molar-refractivity contribution in [1.29, 1.82) is 0 Å². The summed E-state index contributed by atoms with van der Waals surface area (Å²) in [6, 6.07) is 11.0. The van der Waals surface area contributed by atoms with Crippen molar-refractivity contribution < 1.29 is 70.5 Å². The molecule has 0 spiro atoms. The summed E-state index contributed by atoms with van der Waals surface area (Å²) >= 11 is 0. The Hall–Kier alpha value is -8.19. The Morgan fingerprint density at radius 1 is 0.857 bits per heavy atom. The van der Waals surface area contributed by atoms with E-state index in [-0.39, 0.29) is 93.4 Å². The number of anilines is 1. The SMILES string of the molecule is CC(C)[C@H](NC(=O)CCCCCN1C(=O)C=CC1=O)C(=O)N[C@@H](CCCNC(N)=O)C(=O)Nc1ccc(COC(=O)N2C[C@@H](CN(C(=O)[C@H](C)O)[C@@H](c3nc(-c4cc(F)ccc4F)cn3Cc3cccc(F)c3)C3CCOCC3)[C@@H](F)C2)cc1. The summed E-state index contributed by atoms with van der Waals surface area (Å²) in [5, 5.41) is 21.6. The topological polar surface area (TPSA) is 277 Å². The monoisotopic (exact) mass is 1170 g/mol. The molecule has 3 aromatic carbocycles. The number of carbonyl (C=O) groups excluding carboxylic acids is 8. The molecule has 0 bridgehead atoms. The summed E-state index contributed by atoms with van der Waals surface area (Å²) in [4.78, 5) is 112. The molecule has 4 heterocycles. The lowest BCUT2D eigenvalue weighted by molar-refractivity contribution is -0.145. The van der Waals surface area contributed by atoms with Crippen LogP contribution in [0.4, 0.5) is 32.8 Å². The van der Waals surface area contributed by atoms with Gasteiger partial charge in [0.05, 0.1) is 18.3 Å². The number of aromatic nitrogens is 2. The summed E-state index contributed by atoms with van der Waals surface area (Å²) in [6.45, 7) is 4.48. The molecule has 0 radical (unpaired) electrons. The second kappa shape index (κ2) is 29.9. The number of primary amides is 1. The number of likely N-dealkylation sites (tertiary alicyclic amines) is 1. The zero-order valence-corrected chi connectivity index (χ0v) is 47.1. The van der Waals surface area contributed by atoms with Gasteiger partial charge >= 0.3 is 12.1 Å². The van der Waals surface area contributed by atoms with E-state index in [4.69, 9.17) is 20.2 Å². The lowest BCUT2D eigenvalue weighted by Crippen LogP contribution is -2.54. The van der Waals surface area contributed by atoms with Crippen molar-refractivity contribution in [1.82, 2.24) is 40.2 Å². The first-order valence-corrected chi connectivity index (χ1v) is 28.1. The number of halogens is 4. The van der Waals surface area contributed by atoms with E-state index in [2.05, 4.69) is 21.3 Å². The number of ether oxygens (including phenoxy) is 2.